The zero-order chi connectivity index (χ0) is 22.9. The lowest BCUT2D eigenvalue weighted by molar-refractivity contribution is -0.142. The van der Waals surface area contributed by atoms with Crippen LogP contribution in [0.3, 0.4) is 0 Å². The predicted octanol–water partition coefficient (Wildman–Crippen LogP) is 9.89. The average Bonchev–Trinajstić information content (AvgIpc) is 2.74. The van der Waals surface area contributed by atoms with Crippen LogP contribution >= 0.6 is 7.92 Å². The SMILES string of the molecule is CCCCCC(CC)C(=O)O.CCCCCCP(CCCCCC)CCCCCC. The predicted molar refractivity (Wildman–Crippen MR) is 140 cm³/mol. The zero-order valence-corrected chi connectivity index (χ0v) is 22.4. The normalized spacial score (nSPS) is 11.9. The maximum absolute atomic E-state index is 10.5. The fourth-order valence-electron chi connectivity index (χ4n) is 3.76. The molecule has 0 aromatic carbocycles. The van der Waals surface area contributed by atoms with Gasteiger partial charge in [-0.3, -0.25) is 4.79 Å². The Hall–Kier alpha value is -0.100. The van der Waals surface area contributed by atoms with Crippen LogP contribution in [0.4, 0.5) is 0 Å². The highest BCUT2D eigenvalue weighted by Crippen LogP contribution is 2.39. The van der Waals surface area contributed by atoms with Crippen LogP contribution in [-0.2, 0) is 4.79 Å². The highest BCUT2D eigenvalue weighted by Gasteiger charge is 2.13. The molecule has 0 bridgehead atoms. The Bertz CT molecular complexity index is 304. The molecule has 0 saturated heterocycles. The quantitative estimate of drug-likeness (QED) is 0.141. The van der Waals surface area contributed by atoms with Gasteiger partial charge in [0.15, 0.2) is 0 Å². The van der Waals surface area contributed by atoms with Gasteiger partial charge in [0, 0.05) is 0 Å². The molecular weight excluding hydrogens is 387 g/mol. The van der Waals surface area contributed by atoms with Crippen molar-refractivity contribution >= 4 is 13.9 Å². The van der Waals surface area contributed by atoms with E-state index in [2.05, 4.69) is 27.7 Å². The minimum atomic E-state index is -0.636. The van der Waals surface area contributed by atoms with Gasteiger partial charge in [0.25, 0.3) is 0 Å². The first-order valence-electron chi connectivity index (χ1n) is 13.5. The summed E-state index contributed by atoms with van der Waals surface area (Å²) in [6, 6.07) is 0. The minimum Gasteiger partial charge on any atom is -0.481 e. The lowest BCUT2D eigenvalue weighted by Gasteiger charge is -2.17. The first-order valence-corrected chi connectivity index (χ1v) is 15.4. The number of hydrogen-bond donors (Lipinski definition) is 1. The highest BCUT2D eigenvalue weighted by molar-refractivity contribution is 7.57. The molecule has 0 aliphatic carbocycles. The molecule has 0 rings (SSSR count). The molecule has 0 saturated carbocycles. The number of aliphatic carboxylic acids is 1. The second-order valence-corrected chi connectivity index (χ2v) is 11.6. The minimum absolute atomic E-state index is 0.110. The molecule has 30 heavy (non-hydrogen) atoms. The van der Waals surface area contributed by atoms with Gasteiger partial charge in [-0.2, -0.15) is 0 Å². The lowest BCUT2D eigenvalue weighted by Crippen LogP contribution is -2.12. The third-order valence-electron chi connectivity index (χ3n) is 5.98. The van der Waals surface area contributed by atoms with Crippen molar-refractivity contribution in [3.8, 4) is 0 Å². The van der Waals surface area contributed by atoms with E-state index in [-0.39, 0.29) is 5.92 Å². The monoisotopic (exact) mass is 444 g/mol. The van der Waals surface area contributed by atoms with E-state index in [9.17, 15) is 4.79 Å². The fourth-order valence-corrected chi connectivity index (χ4v) is 6.45. The Morgan fingerprint density at radius 3 is 1.27 bits per heavy atom. The summed E-state index contributed by atoms with van der Waals surface area (Å²) in [4.78, 5) is 10.5. The molecule has 0 amide bonds. The molecule has 1 atom stereocenters. The summed E-state index contributed by atoms with van der Waals surface area (Å²) in [5, 5.41) is 8.67. The number of hydrogen-bond acceptors (Lipinski definition) is 1. The van der Waals surface area contributed by atoms with Crippen LogP contribution in [0.15, 0.2) is 0 Å². The summed E-state index contributed by atoms with van der Waals surface area (Å²) in [6.45, 7) is 11.0. The summed E-state index contributed by atoms with van der Waals surface area (Å²) in [5.74, 6) is -0.745. The van der Waals surface area contributed by atoms with E-state index in [1.165, 1.54) is 77.0 Å². The molecule has 0 heterocycles. The topological polar surface area (TPSA) is 37.3 Å². The Morgan fingerprint density at radius 1 is 0.600 bits per heavy atom. The van der Waals surface area contributed by atoms with Crippen LogP contribution in [-0.4, -0.2) is 29.6 Å². The van der Waals surface area contributed by atoms with Gasteiger partial charge in [-0.05, 0) is 50.6 Å². The summed E-state index contributed by atoms with van der Waals surface area (Å²) < 4.78 is 0. The van der Waals surface area contributed by atoms with E-state index < -0.39 is 5.97 Å². The van der Waals surface area contributed by atoms with E-state index >= 15 is 0 Å². The van der Waals surface area contributed by atoms with Crippen LogP contribution in [0, 0.1) is 5.92 Å². The van der Waals surface area contributed by atoms with Crippen LogP contribution in [0.25, 0.3) is 0 Å². The van der Waals surface area contributed by atoms with Gasteiger partial charge in [0.05, 0.1) is 5.92 Å². The number of carboxylic acid groups (broad SMARTS) is 1. The van der Waals surface area contributed by atoms with E-state index in [0.717, 1.165) is 32.1 Å². The van der Waals surface area contributed by atoms with Crippen molar-refractivity contribution in [1.82, 2.24) is 0 Å². The van der Waals surface area contributed by atoms with Crippen molar-refractivity contribution < 1.29 is 9.90 Å². The molecule has 0 aliphatic rings. The van der Waals surface area contributed by atoms with Crippen molar-refractivity contribution in [3.05, 3.63) is 0 Å². The van der Waals surface area contributed by atoms with Gasteiger partial charge in [-0.15, -0.1) is 7.92 Å². The van der Waals surface area contributed by atoms with Gasteiger partial charge in [0.2, 0.25) is 0 Å². The van der Waals surface area contributed by atoms with E-state index in [0.29, 0.717) is 7.92 Å². The third-order valence-corrected chi connectivity index (χ3v) is 8.83. The standard InChI is InChI=1S/C18H39P.C9H18O2/c1-4-7-10-13-16-19(17-14-11-8-5-2)18-15-12-9-6-3;1-3-5-6-7-8(4-2)9(10)11/h4-18H2,1-3H3;8H,3-7H2,1-2H3,(H,10,11). The Labute approximate surface area is 192 Å². The molecule has 3 heteroatoms. The Morgan fingerprint density at radius 2 is 0.967 bits per heavy atom. The molecule has 0 aliphatic heterocycles. The molecule has 1 N–H and O–H groups in total. The lowest BCUT2D eigenvalue weighted by atomic mass is 9.99. The van der Waals surface area contributed by atoms with Crippen LogP contribution in [0.5, 0.6) is 0 Å². The summed E-state index contributed by atoms with van der Waals surface area (Å²) in [5.41, 5.74) is 0. The number of unbranched alkanes of at least 4 members (excludes halogenated alkanes) is 11. The van der Waals surface area contributed by atoms with Crippen LogP contribution in [0.1, 0.15) is 144 Å². The smallest absolute Gasteiger partial charge is 0.306 e. The first kappa shape index (κ1) is 32.1. The largest absolute Gasteiger partial charge is 0.481 e. The van der Waals surface area contributed by atoms with Gasteiger partial charge >= 0.3 is 5.97 Å². The molecule has 1 unspecified atom stereocenters. The van der Waals surface area contributed by atoms with Crippen molar-refractivity contribution in [3.63, 3.8) is 0 Å². The molecule has 182 valence electrons. The maximum Gasteiger partial charge on any atom is 0.306 e. The van der Waals surface area contributed by atoms with E-state index in [1.54, 1.807) is 18.5 Å². The maximum atomic E-state index is 10.5. The molecular formula is C27H57O2P. The Balaban J connectivity index is 0. The van der Waals surface area contributed by atoms with E-state index in [1.807, 2.05) is 6.92 Å². The Kier molecular flexibility index (Phi) is 28.8. The molecule has 2 nitrogen and oxygen atoms in total. The van der Waals surface area contributed by atoms with Gasteiger partial charge in [-0.1, -0.05) is 112 Å². The van der Waals surface area contributed by atoms with Gasteiger partial charge in [-0.25, -0.2) is 0 Å². The zero-order valence-electron chi connectivity index (χ0n) is 21.5. The summed E-state index contributed by atoms with van der Waals surface area (Å²) >= 11 is 0. The molecule has 0 aromatic heterocycles. The second kappa shape index (κ2) is 26.9. The van der Waals surface area contributed by atoms with Crippen molar-refractivity contribution in [2.45, 2.75) is 144 Å². The van der Waals surface area contributed by atoms with Gasteiger partial charge < -0.3 is 5.11 Å². The molecule has 0 spiro atoms. The van der Waals surface area contributed by atoms with E-state index in [4.69, 9.17) is 5.11 Å². The number of rotatable bonds is 21. The fraction of sp³-hybridized carbons (Fsp3) is 0.963. The van der Waals surface area contributed by atoms with Crippen LogP contribution in [0.2, 0.25) is 0 Å². The number of carboxylic acids is 1. The van der Waals surface area contributed by atoms with Crippen molar-refractivity contribution in [2.75, 3.05) is 18.5 Å². The second-order valence-electron chi connectivity index (χ2n) is 8.96. The highest BCUT2D eigenvalue weighted by atomic mass is 31.1. The average molecular weight is 445 g/mol. The van der Waals surface area contributed by atoms with Crippen molar-refractivity contribution in [1.29, 1.82) is 0 Å². The summed E-state index contributed by atoms with van der Waals surface area (Å²) in [6.07, 6.45) is 27.2. The molecule has 0 fully saturated rings. The van der Waals surface area contributed by atoms with Crippen molar-refractivity contribution in [2.24, 2.45) is 5.92 Å². The first-order chi connectivity index (χ1) is 14.6. The van der Waals surface area contributed by atoms with Gasteiger partial charge in [0.1, 0.15) is 0 Å². The summed E-state index contributed by atoms with van der Waals surface area (Å²) in [7, 11) is 0.389. The van der Waals surface area contributed by atoms with Crippen LogP contribution < -0.4 is 0 Å². The molecule has 0 radical (unpaired) electrons. The third kappa shape index (κ3) is 24.2. The number of carbonyl (C=O) groups is 1. The molecule has 0 aromatic rings.